The van der Waals surface area contributed by atoms with E-state index in [1.807, 2.05) is 0 Å². The van der Waals surface area contributed by atoms with Crippen LogP contribution >= 0.6 is 11.6 Å². The van der Waals surface area contributed by atoms with Gasteiger partial charge >= 0.3 is 12.5 Å². The maximum Gasteiger partial charge on any atom is 0.586 e. The third-order valence-corrected chi connectivity index (χ3v) is 5.99. The number of amides is 1. The van der Waals surface area contributed by atoms with Crippen LogP contribution in [0.15, 0.2) is 66.9 Å². The maximum atomic E-state index is 13.6. The van der Waals surface area contributed by atoms with Crippen molar-refractivity contribution in [3.05, 3.63) is 88.8 Å². The molecule has 0 saturated heterocycles. The van der Waals surface area contributed by atoms with Crippen molar-refractivity contribution in [2.24, 2.45) is 0 Å². The number of rotatable bonds is 6. The molecule has 3 heterocycles. The van der Waals surface area contributed by atoms with Crippen LogP contribution in [-0.2, 0) is 12.8 Å². The van der Waals surface area contributed by atoms with Gasteiger partial charge in [-0.05, 0) is 36.4 Å². The molecule has 0 saturated carbocycles. The van der Waals surface area contributed by atoms with Crippen molar-refractivity contribution in [1.29, 1.82) is 0 Å². The Labute approximate surface area is 222 Å². The van der Waals surface area contributed by atoms with Gasteiger partial charge in [-0.3, -0.25) is 4.79 Å². The predicted molar refractivity (Wildman–Crippen MR) is 128 cm³/mol. The van der Waals surface area contributed by atoms with E-state index in [0.29, 0.717) is 0 Å². The molecule has 4 aromatic rings. The molecule has 0 N–H and O–H groups in total. The molecule has 0 spiro atoms. The number of aromatic nitrogens is 3. The fourth-order valence-electron chi connectivity index (χ4n) is 3.76. The monoisotopic (exact) mass is 566 g/mol. The lowest BCUT2D eigenvalue weighted by Gasteiger charge is -2.18. The number of nitrogens with zero attached hydrogens (tertiary/aromatic N) is 4. The minimum atomic E-state index is -4.86. The summed E-state index contributed by atoms with van der Waals surface area (Å²) < 4.78 is 82.8. The summed E-state index contributed by atoms with van der Waals surface area (Å²) in [6.07, 6.45) is -7.23. The van der Waals surface area contributed by atoms with Crippen LogP contribution in [0.4, 0.5) is 27.6 Å². The van der Waals surface area contributed by atoms with Gasteiger partial charge in [-0.1, -0.05) is 23.7 Å². The molecule has 8 nitrogen and oxygen atoms in total. The number of carbonyl (C=O) groups is 1. The van der Waals surface area contributed by atoms with Crippen LogP contribution in [0.1, 0.15) is 21.7 Å². The minimum Gasteiger partial charge on any atom is -0.471 e. The number of pyridine rings is 1. The molecule has 0 aliphatic carbocycles. The van der Waals surface area contributed by atoms with E-state index in [9.17, 15) is 26.7 Å². The van der Waals surface area contributed by atoms with Gasteiger partial charge in [0.05, 0.1) is 10.7 Å². The number of halogens is 6. The average molecular weight is 567 g/mol. The molecule has 0 fully saturated rings. The number of fused-ring (bicyclic) bond motifs is 1. The predicted octanol–water partition coefficient (Wildman–Crippen LogP) is 6.12. The molecule has 1 aliphatic rings. The van der Waals surface area contributed by atoms with E-state index in [0.717, 1.165) is 9.58 Å². The molecule has 14 heteroatoms. The molecule has 39 heavy (non-hydrogen) atoms. The Morgan fingerprint density at radius 3 is 2.56 bits per heavy atom. The Bertz CT molecular complexity index is 1550. The Balaban J connectivity index is 1.46. The van der Waals surface area contributed by atoms with Gasteiger partial charge in [0.25, 0.3) is 5.91 Å². The van der Waals surface area contributed by atoms with Crippen LogP contribution in [0.25, 0.3) is 5.69 Å². The SMILES string of the molecule is CN(C(=O)c1cccc(-n2nc(C(F)(F)F)c(Cl)c2COc2ccccn2)c1)c1ccc2c(c1)OC(F)(F)O2. The molecule has 0 atom stereocenters. The molecule has 0 unspecified atom stereocenters. The molecule has 0 radical (unpaired) electrons. The highest BCUT2D eigenvalue weighted by Gasteiger charge is 2.43. The molecule has 5 rings (SSSR count). The zero-order chi connectivity index (χ0) is 27.9. The van der Waals surface area contributed by atoms with Crippen LogP contribution in [0, 0.1) is 0 Å². The zero-order valence-electron chi connectivity index (χ0n) is 19.7. The first kappa shape index (κ1) is 26.2. The van der Waals surface area contributed by atoms with E-state index in [4.69, 9.17) is 16.3 Å². The maximum absolute atomic E-state index is 13.6. The van der Waals surface area contributed by atoms with Gasteiger partial charge in [-0.15, -0.1) is 8.78 Å². The normalized spacial score (nSPS) is 13.8. The second-order valence-electron chi connectivity index (χ2n) is 8.19. The second-order valence-corrected chi connectivity index (χ2v) is 8.57. The van der Waals surface area contributed by atoms with Gasteiger partial charge < -0.3 is 19.1 Å². The lowest BCUT2D eigenvalue weighted by molar-refractivity contribution is -0.286. The van der Waals surface area contributed by atoms with Gasteiger partial charge in [0.1, 0.15) is 12.3 Å². The summed E-state index contributed by atoms with van der Waals surface area (Å²) in [4.78, 5) is 18.3. The lowest BCUT2D eigenvalue weighted by Crippen LogP contribution is -2.26. The molecule has 202 valence electrons. The molecule has 2 aromatic heterocycles. The standard InChI is InChI=1S/C25H16ClF5N4O4/c1-34(15-8-9-18-19(12-15)39-25(30,31)38-18)23(36)14-5-4-6-16(11-14)35-17(13-37-20-7-2-3-10-32-20)21(26)22(33-35)24(27,28)29/h2-12H,13H2,1H3. The summed E-state index contributed by atoms with van der Waals surface area (Å²) in [5, 5.41) is 2.99. The second kappa shape index (κ2) is 9.73. The number of alkyl halides is 5. The molecule has 0 bridgehead atoms. The highest BCUT2D eigenvalue weighted by molar-refractivity contribution is 6.32. The average Bonchev–Trinajstić information content (AvgIpc) is 3.41. The Morgan fingerprint density at radius 2 is 1.85 bits per heavy atom. The summed E-state index contributed by atoms with van der Waals surface area (Å²) in [6.45, 7) is -0.404. The van der Waals surface area contributed by atoms with Crippen LogP contribution in [-0.4, -0.2) is 34.0 Å². The van der Waals surface area contributed by atoms with Crippen molar-refractivity contribution < 1.29 is 41.0 Å². The van der Waals surface area contributed by atoms with Crippen molar-refractivity contribution in [3.63, 3.8) is 0 Å². The first-order valence-electron chi connectivity index (χ1n) is 11.1. The molecular weight excluding hydrogens is 551 g/mol. The highest BCUT2D eigenvalue weighted by Crippen LogP contribution is 2.43. The molecule has 1 aliphatic heterocycles. The minimum absolute atomic E-state index is 0.0646. The van der Waals surface area contributed by atoms with Gasteiger partial charge in [0, 0.05) is 36.6 Å². The fourth-order valence-corrected chi connectivity index (χ4v) is 4.04. The highest BCUT2D eigenvalue weighted by atomic mass is 35.5. The quantitative estimate of drug-likeness (QED) is 0.262. The van der Waals surface area contributed by atoms with Crippen LogP contribution in [0.3, 0.4) is 0 Å². The zero-order valence-corrected chi connectivity index (χ0v) is 20.5. The van der Waals surface area contributed by atoms with Gasteiger partial charge in [-0.2, -0.15) is 18.3 Å². The Kier molecular flexibility index (Phi) is 6.54. The van der Waals surface area contributed by atoms with Crippen molar-refractivity contribution >= 4 is 23.2 Å². The first-order valence-corrected chi connectivity index (χ1v) is 11.5. The van der Waals surface area contributed by atoms with E-state index in [1.165, 1.54) is 61.8 Å². The van der Waals surface area contributed by atoms with E-state index >= 15 is 0 Å². The molecular formula is C25H16ClF5N4O4. The van der Waals surface area contributed by atoms with Gasteiger partial charge in [0.2, 0.25) is 5.88 Å². The number of carbonyl (C=O) groups excluding carboxylic acids is 1. The topological polar surface area (TPSA) is 78.7 Å². The van der Waals surface area contributed by atoms with Crippen molar-refractivity contribution in [2.75, 3.05) is 11.9 Å². The van der Waals surface area contributed by atoms with Crippen molar-refractivity contribution in [2.45, 2.75) is 19.1 Å². The van der Waals surface area contributed by atoms with Crippen LogP contribution < -0.4 is 19.1 Å². The third kappa shape index (κ3) is 5.30. The Hall–Kier alpha value is -4.39. The molecule has 1 amide bonds. The molecule has 2 aromatic carbocycles. The van der Waals surface area contributed by atoms with E-state index in [-0.39, 0.29) is 40.0 Å². The number of hydrogen-bond acceptors (Lipinski definition) is 6. The summed E-state index contributed by atoms with van der Waals surface area (Å²) in [5.74, 6) is -0.887. The number of anilines is 1. The van der Waals surface area contributed by atoms with Crippen LogP contribution in [0.2, 0.25) is 5.02 Å². The lowest BCUT2D eigenvalue weighted by atomic mass is 10.1. The van der Waals surface area contributed by atoms with E-state index in [1.54, 1.807) is 12.1 Å². The smallest absolute Gasteiger partial charge is 0.471 e. The fraction of sp³-hybridized carbons (Fsp3) is 0.160. The first-order chi connectivity index (χ1) is 18.4. The van der Waals surface area contributed by atoms with Gasteiger partial charge in [0.15, 0.2) is 17.2 Å². The van der Waals surface area contributed by atoms with Crippen LogP contribution in [0.5, 0.6) is 17.4 Å². The third-order valence-electron chi connectivity index (χ3n) is 5.59. The van der Waals surface area contributed by atoms with Crippen molar-refractivity contribution in [3.8, 4) is 23.1 Å². The summed E-state index contributed by atoms with van der Waals surface area (Å²) in [5.41, 5.74) is -1.08. The largest absolute Gasteiger partial charge is 0.586 e. The van der Waals surface area contributed by atoms with E-state index in [2.05, 4.69) is 19.6 Å². The number of benzene rings is 2. The summed E-state index contributed by atoms with van der Waals surface area (Å²) in [6, 6.07) is 14.2. The van der Waals surface area contributed by atoms with Crippen molar-refractivity contribution in [1.82, 2.24) is 14.8 Å². The number of hydrogen-bond donors (Lipinski definition) is 0. The van der Waals surface area contributed by atoms with Gasteiger partial charge in [-0.25, -0.2) is 9.67 Å². The summed E-state index contributed by atoms with van der Waals surface area (Å²) in [7, 11) is 1.39. The number of ether oxygens (including phenoxy) is 3. The Morgan fingerprint density at radius 1 is 1.08 bits per heavy atom. The van der Waals surface area contributed by atoms with E-state index < -0.39 is 35.7 Å². The summed E-state index contributed by atoms with van der Waals surface area (Å²) >= 11 is 6.08.